The van der Waals surface area contributed by atoms with Gasteiger partial charge in [0, 0.05) is 36.9 Å². The van der Waals surface area contributed by atoms with E-state index in [0.29, 0.717) is 32.2 Å². The van der Waals surface area contributed by atoms with Crippen LogP contribution in [0.1, 0.15) is 46.0 Å². The van der Waals surface area contributed by atoms with Crippen molar-refractivity contribution in [1.29, 1.82) is 0 Å². The number of hydrogen-bond acceptors (Lipinski definition) is 4. The second kappa shape index (κ2) is 9.91. The molecule has 2 N–H and O–H groups in total. The van der Waals surface area contributed by atoms with Gasteiger partial charge in [0.15, 0.2) is 0 Å². The summed E-state index contributed by atoms with van der Waals surface area (Å²) in [5.74, 6) is 0.0638. The Labute approximate surface area is 149 Å². The van der Waals surface area contributed by atoms with Crippen LogP contribution in [0.3, 0.4) is 0 Å². The summed E-state index contributed by atoms with van der Waals surface area (Å²) in [5, 5.41) is 6.41. The lowest BCUT2D eigenvalue weighted by Crippen LogP contribution is -2.42. The Morgan fingerprint density at radius 1 is 1.12 bits per heavy atom. The summed E-state index contributed by atoms with van der Waals surface area (Å²) in [6.45, 7) is 5.73. The summed E-state index contributed by atoms with van der Waals surface area (Å²) in [5.41, 5.74) is 1.85. The number of carbonyl (C=O) groups is 2. The first-order valence-corrected chi connectivity index (χ1v) is 9.20. The molecule has 2 amide bonds. The van der Waals surface area contributed by atoms with Gasteiger partial charge < -0.3 is 20.3 Å². The highest BCUT2D eigenvalue weighted by molar-refractivity contribution is 5.90. The molecule has 0 aliphatic carbocycles. The molecule has 0 spiro atoms. The van der Waals surface area contributed by atoms with Gasteiger partial charge in [-0.1, -0.05) is 13.3 Å². The maximum Gasteiger partial charge on any atom is 0.409 e. The standard InChI is InChI=1S/C19H29N3O3/c1-3-5-6-18(23)21-16-9-7-15(8-10-16)20-17-11-13-22(14-12-17)19(24)25-4-2/h7-10,17,20H,3-6,11-14H2,1-2H3,(H,21,23). The number of ether oxygens (including phenoxy) is 1. The number of likely N-dealkylation sites (tertiary alicyclic amines) is 1. The van der Waals surface area contributed by atoms with Gasteiger partial charge in [-0.05, 0) is 50.5 Å². The van der Waals surface area contributed by atoms with Crippen LogP contribution in [-0.4, -0.2) is 42.6 Å². The van der Waals surface area contributed by atoms with Gasteiger partial charge in [0.25, 0.3) is 0 Å². The SMILES string of the molecule is CCCCC(=O)Nc1ccc(NC2CCN(C(=O)OCC)CC2)cc1. The Balaban J connectivity index is 1.76. The maximum atomic E-state index is 11.7. The van der Waals surface area contributed by atoms with Crippen molar-refractivity contribution in [1.82, 2.24) is 4.90 Å². The zero-order valence-electron chi connectivity index (χ0n) is 15.2. The number of hydrogen-bond donors (Lipinski definition) is 2. The number of piperidine rings is 1. The summed E-state index contributed by atoms with van der Waals surface area (Å²) in [6.07, 6.45) is 4.07. The lowest BCUT2D eigenvalue weighted by molar-refractivity contribution is -0.116. The quantitative estimate of drug-likeness (QED) is 0.786. The van der Waals surface area contributed by atoms with Gasteiger partial charge in [0.05, 0.1) is 6.61 Å². The zero-order chi connectivity index (χ0) is 18.1. The van der Waals surface area contributed by atoms with E-state index < -0.39 is 0 Å². The molecule has 1 saturated heterocycles. The van der Waals surface area contributed by atoms with Gasteiger partial charge in [-0.3, -0.25) is 4.79 Å². The minimum Gasteiger partial charge on any atom is -0.450 e. The molecule has 1 aromatic rings. The minimum absolute atomic E-state index is 0.0638. The summed E-state index contributed by atoms with van der Waals surface area (Å²) in [4.78, 5) is 25.2. The lowest BCUT2D eigenvalue weighted by atomic mass is 10.0. The van der Waals surface area contributed by atoms with E-state index in [2.05, 4.69) is 17.6 Å². The van der Waals surface area contributed by atoms with Gasteiger partial charge >= 0.3 is 6.09 Å². The Hall–Kier alpha value is -2.24. The highest BCUT2D eigenvalue weighted by atomic mass is 16.6. The minimum atomic E-state index is -0.218. The first-order chi connectivity index (χ1) is 12.1. The van der Waals surface area contributed by atoms with Gasteiger partial charge in [-0.2, -0.15) is 0 Å². The van der Waals surface area contributed by atoms with Crippen LogP contribution in [0.5, 0.6) is 0 Å². The van der Waals surface area contributed by atoms with E-state index >= 15 is 0 Å². The molecule has 25 heavy (non-hydrogen) atoms. The Bertz CT molecular complexity index is 552. The molecule has 0 saturated carbocycles. The van der Waals surface area contributed by atoms with E-state index in [1.807, 2.05) is 31.2 Å². The molecule has 6 nitrogen and oxygen atoms in total. The molecule has 1 aromatic carbocycles. The van der Waals surface area contributed by atoms with Crippen LogP contribution < -0.4 is 10.6 Å². The second-order valence-corrected chi connectivity index (χ2v) is 6.33. The predicted octanol–water partition coefficient (Wildman–Crippen LogP) is 3.85. The van der Waals surface area contributed by atoms with E-state index in [1.54, 1.807) is 4.90 Å². The van der Waals surface area contributed by atoms with Crippen LogP contribution >= 0.6 is 0 Å². The second-order valence-electron chi connectivity index (χ2n) is 6.33. The van der Waals surface area contributed by atoms with Crippen LogP contribution in [0.2, 0.25) is 0 Å². The number of nitrogens with zero attached hydrogens (tertiary/aromatic N) is 1. The topological polar surface area (TPSA) is 70.7 Å². The van der Waals surface area contributed by atoms with Crippen molar-refractivity contribution in [3.63, 3.8) is 0 Å². The number of anilines is 2. The Morgan fingerprint density at radius 2 is 1.76 bits per heavy atom. The summed E-state index contributed by atoms with van der Waals surface area (Å²) >= 11 is 0. The number of nitrogens with one attached hydrogen (secondary N) is 2. The molecular weight excluding hydrogens is 318 g/mol. The highest BCUT2D eigenvalue weighted by Gasteiger charge is 2.23. The summed E-state index contributed by atoms with van der Waals surface area (Å²) in [7, 11) is 0. The third-order valence-corrected chi connectivity index (χ3v) is 4.32. The molecule has 0 aromatic heterocycles. The third kappa shape index (κ3) is 6.29. The molecule has 1 heterocycles. The van der Waals surface area contributed by atoms with Gasteiger partial charge in [-0.15, -0.1) is 0 Å². The van der Waals surface area contributed by atoms with Crippen LogP contribution in [0.4, 0.5) is 16.2 Å². The summed E-state index contributed by atoms with van der Waals surface area (Å²) < 4.78 is 5.04. The number of unbranched alkanes of at least 4 members (excludes halogenated alkanes) is 1. The Kier molecular flexibility index (Phi) is 7.57. The molecule has 0 radical (unpaired) electrons. The molecular formula is C19H29N3O3. The Morgan fingerprint density at radius 3 is 2.36 bits per heavy atom. The lowest BCUT2D eigenvalue weighted by Gasteiger charge is -2.32. The van der Waals surface area contributed by atoms with Crippen LogP contribution in [-0.2, 0) is 9.53 Å². The van der Waals surface area contributed by atoms with Crippen molar-refractivity contribution in [2.75, 3.05) is 30.3 Å². The van der Waals surface area contributed by atoms with Crippen molar-refractivity contribution >= 4 is 23.4 Å². The van der Waals surface area contributed by atoms with Crippen LogP contribution in [0, 0.1) is 0 Å². The molecule has 1 fully saturated rings. The fourth-order valence-electron chi connectivity index (χ4n) is 2.87. The molecule has 138 valence electrons. The first kappa shape index (κ1) is 19.1. The van der Waals surface area contributed by atoms with Crippen molar-refractivity contribution in [2.45, 2.75) is 52.0 Å². The molecule has 1 aliphatic heterocycles. The van der Waals surface area contributed by atoms with Crippen molar-refractivity contribution in [3.8, 4) is 0 Å². The normalized spacial score (nSPS) is 14.9. The molecule has 6 heteroatoms. The average Bonchev–Trinajstić information content (AvgIpc) is 2.62. The molecule has 2 rings (SSSR count). The van der Waals surface area contributed by atoms with Gasteiger partial charge in [0.1, 0.15) is 0 Å². The highest BCUT2D eigenvalue weighted by Crippen LogP contribution is 2.19. The van der Waals surface area contributed by atoms with Crippen molar-refractivity contribution in [3.05, 3.63) is 24.3 Å². The monoisotopic (exact) mass is 347 g/mol. The van der Waals surface area contributed by atoms with E-state index in [4.69, 9.17) is 4.74 Å². The maximum absolute atomic E-state index is 11.7. The smallest absolute Gasteiger partial charge is 0.409 e. The van der Waals surface area contributed by atoms with Crippen LogP contribution in [0.25, 0.3) is 0 Å². The average molecular weight is 347 g/mol. The van der Waals surface area contributed by atoms with E-state index in [-0.39, 0.29) is 12.0 Å². The van der Waals surface area contributed by atoms with Gasteiger partial charge in [0.2, 0.25) is 5.91 Å². The number of rotatable bonds is 7. The molecule has 1 aliphatic rings. The first-order valence-electron chi connectivity index (χ1n) is 9.20. The number of amides is 2. The largest absolute Gasteiger partial charge is 0.450 e. The molecule has 0 unspecified atom stereocenters. The van der Waals surface area contributed by atoms with E-state index in [1.165, 1.54) is 0 Å². The number of carbonyl (C=O) groups excluding carboxylic acids is 2. The molecule has 0 atom stereocenters. The van der Waals surface area contributed by atoms with Crippen LogP contribution in [0.15, 0.2) is 24.3 Å². The number of benzene rings is 1. The van der Waals surface area contributed by atoms with E-state index in [9.17, 15) is 9.59 Å². The van der Waals surface area contributed by atoms with E-state index in [0.717, 1.165) is 37.1 Å². The summed E-state index contributed by atoms with van der Waals surface area (Å²) in [6, 6.07) is 8.14. The molecule has 0 bridgehead atoms. The fraction of sp³-hybridized carbons (Fsp3) is 0.579. The van der Waals surface area contributed by atoms with Crippen molar-refractivity contribution in [2.24, 2.45) is 0 Å². The predicted molar refractivity (Wildman–Crippen MR) is 99.8 cm³/mol. The fourth-order valence-corrected chi connectivity index (χ4v) is 2.87. The van der Waals surface area contributed by atoms with Crippen molar-refractivity contribution < 1.29 is 14.3 Å². The zero-order valence-corrected chi connectivity index (χ0v) is 15.2. The third-order valence-electron chi connectivity index (χ3n) is 4.32. The van der Waals surface area contributed by atoms with Gasteiger partial charge in [-0.25, -0.2) is 4.79 Å².